The molecule has 0 amide bonds. The van der Waals surface area contributed by atoms with Crippen LogP contribution in [0.4, 0.5) is 0 Å². The molecule has 3 nitrogen and oxygen atoms in total. The third-order valence-electron chi connectivity index (χ3n) is 8.97. The number of aliphatic hydroxyl groups excluding tert-OH is 2. The summed E-state index contributed by atoms with van der Waals surface area (Å²) in [7, 11) is 0. The highest BCUT2D eigenvalue weighted by Gasteiger charge is 2.50. The highest BCUT2D eigenvalue weighted by molar-refractivity contribution is 5.39. The van der Waals surface area contributed by atoms with E-state index >= 15 is 0 Å². The normalized spacial score (nSPS) is 40.4. The molecule has 0 heterocycles. The maximum Gasteiger partial charge on any atom is 0.0837 e. The predicted molar refractivity (Wildman–Crippen MR) is 129 cm³/mol. The van der Waals surface area contributed by atoms with Gasteiger partial charge in [0.05, 0.1) is 17.8 Å². The van der Waals surface area contributed by atoms with Crippen LogP contribution in [0.25, 0.3) is 0 Å². The quantitative estimate of drug-likeness (QED) is 0.488. The van der Waals surface area contributed by atoms with Crippen molar-refractivity contribution in [1.29, 1.82) is 0 Å². The molecular formula is C28H46O3. The maximum absolute atomic E-state index is 10.4. The SMILES string of the molecule is C=C1/C(=C\C=C2CCC[C@@]3(C)C2CC[C@@H]3[C@H](C)CCCC(C)(C)O)C[C@@H](O)[C@H](C)[C@@H]1O. The second kappa shape index (κ2) is 9.53. The Morgan fingerprint density at radius 2 is 1.94 bits per heavy atom. The van der Waals surface area contributed by atoms with E-state index in [-0.39, 0.29) is 5.92 Å². The van der Waals surface area contributed by atoms with Gasteiger partial charge < -0.3 is 15.3 Å². The first-order chi connectivity index (χ1) is 14.4. The van der Waals surface area contributed by atoms with Crippen molar-refractivity contribution in [1.82, 2.24) is 0 Å². The molecule has 176 valence electrons. The number of hydrogen-bond donors (Lipinski definition) is 3. The van der Waals surface area contributed by atoms with E-state index in [9.17, 15) is 15.3 Å². The molecule has 0 saturated heterocycles. The minimum atomic E-state index is -0.648. The second-order valence-corrected chi connectivity index (χ2v) is 11.8. The Balaban J connectivity index is 1.71. The van der Waals surface area contributed by atoms with Crippen LogP contribution in [0.2, 0.25) is 0 Å². The zero-order valence-corrected chi connectivity index (χ0v) is 20.5. The van der Waals surface area contributed by atoms with Crippen molar-refractivity contribution in [2.75, 3.05) is 0 Å². The number of aliphatic hydroxyl groups is 3. The van der Waals surface area contributed by atoms with Crippen molar-refractivity contribution in [3.05, 3.63) is 35.5 Å². The largest absolute Gasteiger partial charge is 0.392 e. The molecule has 3 aliphatic carbocycles. The van der Waals surface area contributed by atoms with Crippen LogP contribution in [0.1, 0.15) is 92.4 Å². The molecule has 0 aromatic rings. The summed E-state index contributed by atoms with van der Waals surface area (Å²) in [6, 6.07) is 0. The van der Waals surface area contributed by atoms with Crippen LogP contribution < -0.4 is 0 Å². The van der Waals surface area contributed by atoms with Crippen LogP contribution in [0.15, 0.2) is 35.5 Å². The number of fused-ring (bicyclic) bond motifs is 1. The van der Waals surface area contributed by atoms with Crippen molar-refractivity contribution in [3.63, 3.8) is 0 Å². The zero-order chi connectivity index (χ0) is 23.0. The van der Waals surface area contributed by atoms with Crippen molar-refractivity contribution < 1.29 is 15.3 Å². The standard InChI is InChI=1S/C28H46O3/c1-18(9-7-15-27(4,5)31)23-13-14-24-21(10-8-16-28(23,24)6)11-12-22-17-25(29)20(3)26(30)19(22)2/h11-12,18,20,23-26,29-31H,2,7-10,13-17H2,1,3-6H3/b21-11?,22-12-/t18-,20+,23-,24?,25-,26-,28-/m1/s1. The van der Waals surface area contributed by atoms with Gasteiger partial charge in [0.15, 0.2) is 0 Å². The molecule has 3 fully saturated rings. The zero-order valence-electron chi connectivity index (χ0n) is 20.5. The second-order valence-electron chi connectivity index (χ2n) is 11.8. The molecule has 31 heavy (non-hydrogen) atoms. The fourth-order valence-electron chi connectivity index (χ4n) is 6.91. The number of allylic oxidation sites excluding steroid dienone is 3. The lowest BCUT2D eigenvalue weighted by atomic mass is 9.60. The molecule has 7 atom stereocenters. The minimum absolute atomic E-state index is 0.149. The van der Waals surface area contributed by atoms with Gasteiger partial charge in [-0.2, -0.15) is 0 Å². The molecule has 0 aromatic carbocycles. The van der Waals surface area contributed by atoms with E-state index in [2.05, 4.69) is 32.6 Å². The van der Waals surface area contributed by atoms with E-state index in [0.717, 1.165) is 36.3 Å². The van der Waals surface area contributed by atoms with Gasteiger partial charge in [-0.15, -0.1) is 0 Å². The van der Waals surface area contributed by atoms with E-state index in [4.69, 9.17) is 0 Å². The van der Waals surface area contributed by atoms with Crippen molar-refractivity contribution in [2.45, 2.75) is 110 Å². The predicted octanol–water partition coefficient (Wildman–Crippen LogP) is 5.95. The fourth-order valence-corrected chi connectivity index (χ4v) is 6.91. The number of rotatable bonds is 6. The lowest BCUT2D eigenvalue weighted by Crippen LogP contribution is -2.36. The molecule has 0 aliphatic heterocycles. The summed E-state index contributed by atoms with van der Waals surface area (Å²) < 4.78 is 0. The van der Waals surface area contributed by atoms with Gasteiger partial charge in [-0.05, 0) is 93.1 Å². The third kappa shape index (κ3) is 5.37. The lowest BCUT2D eigenvalue weighted by molar-refractivity contribution is 0.0283. The molecule has 0 bridgehead atoms. The Kier molecular flexibility index (Phi) is 7.61. The molecule has 0 aromatic heterocycles. The molecule has 3 rings (SSSR count). The Labute approximate surface area is 190 Å². The van der Waals surface area contributed by atoms with Crippen molar-refractivity contribution in [3.8, 4) is 0 Å². The smallest absolute Gasteiger partial charge is 0.0837 e. The first-order valence-corrected chi connectivity index (χ1v) is 12.6. The van der Waals surface area contributed by atoms with Crippen LogP contribution in [-0.4, -0.2) is 33.1 Å². The molecule has 1 unspecified atom stereocenters. The monoisotopic (exact) mass is 430 g/mol. The number of hydrogen-bond acceptors (Lipinski definition) is 3. The Morgan fingerprint density at radius 3 is 2.61 bits per heavy atom. The average molecular weight is 431 g/mol. The van der Waals surface area contributed by atoms with Gasteiger partial charge in [-0.3, -0.25) is 0 Å². The van der Waals surface area contributed by atoms with Gasteiger partial charge in [0.1, 0.15) is 0 Å². The first-order valence-electron chi connectivity index (χ1n) is 12.6. The van der Waals surface area contributed by atoms with Gasteiger partial charge in [-0.1, -0.05) is 57.9 Å². The van der Waals surface area contributed by atoms with Crippen molar-refractivity contribution >= 4 is 0 Å². The Morgan fingerprint density at radius 1 is 1.23 bits per heavy atom. The van der Waals surface area contributed by atoms with E-state index in [1.807, 2.05) is 20.8 Å². The third-order valence-corrected chi connectivity index (χ3v) is 8.97. The Hall–Kier alpha value is -0.900. The molecular weight excluding hydrogens is 384 g/mol. The molecule has 0 radical (unpaired) electrons. The van der Waals surface area contributed by atoms with Gasteiger partial charge in [-0.25, -0.2) is 0 Å². The van der Waals surface area contributed by atoms with Gasteiger partial charge >= 0.3 is 0 Å². The van der Waals surface area contributed by atoms with E-state index in [1.165, 1.54) is 32.1 Å². The molecule has 0 spiro atoms. The van der Waals surface area contributed by atoms with Crippen LogP contribution >= 0.6 is 0 Å². The summed E-state index contributed by atoms with van der Waals surface area (Å²) in [4.78, 5) is 0. The first kappa shape index (κ1) is 24.7. The van der Waals surface area contributed by atoms with Crippen LogP contribution in [0.5, 0.6) is 0 Å². The van der Waals surface area contributed by atoms with Crippen molar-refractivity contribution in [2.24, 2.45) is 29.1 Å². The van der Waals surface area contributed by atoms with Crippen LogP contribution in [0.3, 0.4) is 0 Å². The highest BCUT2D eigenvalue weighted by atomic mass is 16.3. The van der Waals surface area contributed by atoms with Gasteiger partial charge in [0.2, 0.25) is 0 Å². The van der Waals surface area contributed by atoms with E-state index in [0.29, 0.717) is 23.7 Å². The summed E-state index contributed by atoms with van der Waals surface area (Å²) in [5, 5.41) is 30.7. The molecule has 3 heteroatoms. The summed E-state index contributed by atoms with van der Waals surface area (Å²) >= 11 is 0. The summed E-state index contributed by atoms with van der Waals surface area (Å²) in [6.07, 6.45) is 13.4. The summed E-state index contributed by atoms with van der Waals surface area (Å²) in [5.74, 6) is 1.94. The van der Waals surface area contributed by atoms with Crippen LogP contribution in [-0.2, 0) is 0 Å². The highest BCUT2D eigenvalue weighted by Crippen LogP contribution is 2.60. The maximum atomic E-state index is 10.4. The Bertz CT molecular complexity index is 712. The molecule has 3 saturated carbocycles. The molecule has 3 aliphatic rings. The summed E-state index contributed by atoms with van der Waals surface area (Å²) in [6.45, 7) is 14.8. The fraction of sp³-hybridized carbons (Fsp3) is 0.786. The van der Waals surface area contributed by atoms with Gasteiger partial charge in [0.25, 0.3) is 0 Å². The summed E-state index contributed by atoms with van der Waals surface area (Å²) in [5.41, 5.74) is 3.15. The minimum Gasteiger partial charge on any atom is -0.392 e. The van der Waals surface area contributed by atoms with E-state index in [1.54, 1.807) is 5.57 Å². The van der Waals surface area contributed by atoms with Crippen LogP contribution in [0, 0.1) is 29.1 Å². The van der Waals surface area contributed by atoms with E-state index < -0.39 is 17.8 Å². The average Bonchev–Trinajstić information content (AvgIpc) is 3.04. The topological polar surface area (TPSA) is 60.7 Å². The molecule has 3 N–H and O–H groups in total. The van der Waals surface area contributed by atoms with Gasteiger partial charge in [0, 0.05) is 5.92 Å². The lowest BCUT2D eigenvalue weighted by Gasteiger charge is -2.44.